The second-order valence-corrected chi connectivity index (χ2v) is 5.46. The zero-order valence-electron chi connectivity index (χ0n) is 11.6. The van der Waals surface area contributed by atoms with Crippen LogP contribution in [0.4, 0.5) is 5.82 Å². The van der Waals surface area contributed by atoms with Crippen molar-refractivity contribution in [2.45, 2.75) is 31.7 Å². The molecule has 2 atom stereocenters. The number of anilines is 1. The predicted octanol–water partition coefficient (Wildman–Crippen LogP) is 0.371. The second-order valence-electron chi connectivity index (χ2n) is 5.46. The van der Waals surface area contributed by atoms with Gasteiger partial charge in [-0.05, 0) is 25.3 Å². The molecule has 2 aromatic heterocycles. The number of hydrogen-bond acceptors (Lipinski definition) is 5. The van der Waals surface area contributed by atoms with Gasteiger partial charge in [0.25, 0.3) is 0 Å². The van der Waals surface area contributed by atoms with Crippen LogP contribution in [0, 0.1) is 5.92 Å². The lowest BCUT2D eigenvalue weighted by molar-refractivity contribution is 0.305. The average molecular weight is 276 g/mol. The first kappa shape index (κ1) is 13.1. The maximum atomic E-state index is 11.4. The molecule has 3 rings (SSSR count). The Balaban J connectivity index is 1.90. The van der Waals surface area contributed by atoms with Gasteiger partial charge in [0.1, 0.15) is 12.1 Å². The van der Waals surface area contributed by atoms with Crippen LogP contribution in [0.15, 0.2) is 17.2 Å². The molecule has 2 unspecified atom stereocenters. The van der Waals surface area contributed by atoms with Crippen LogP contribution in [0.2, 0.25) is 0 Å². The van der Waals surface area contributed by atoms with Crippen molar-refractivity contribution in [3.63, 3.8) is 0 Å². The number of nitrogens with zero attached hydrogens (tertiary/aromatic N) is 4. The van der Waals surface area contributed by atoms with Crippen LogP contribution in [-0.4, -0.2) is 39.2 Å². The van der Waals surface area contributed by atoms with Crippen molar-refractivity contribution in [3.8, 4) is 0 Å². The van der Waals surface area contributed by atoms with Crippen molar-refractivity contribution in [2.24, 2.45) is 11.7 Å². The van der Waals surface area contributed by atoms with E-state index >= 15 is 0 Å². The number of fused-ring (bicyclic) bond motifs is 1. The van der Waals surface area contributed by atoms with Gasteiger partial charge >= 0.3 is 5.69 Å². The van der Waals surface area contributed by atoms with Gasteiger partial charge in [0, 0.05) is 19.2 Å². The molecule has 3 N–H and O–H groups in total. The van der Waals surface area contributed by atoms with E-state index in [2.05, 4.69) is 20.1 Å². The summed E-state index contributed by atoms with van der Waals surface area (Å²) in [6.45, 7) is 0.707. The number of H-pyrrole nitrogens is 1. The van der Waals surface area contributed by atoms with E-state index in [4.69, 9.17) is 5.73 Å². The maximum Gasteiger partial charge on any atom is 0.348 e. The summed E-state index contributed by atoms with van der Waals surface area (Å²) in [6.07, 6.45) is 6.32. The number of rotatable bonds is 3. The largest absolute Gasteiger partial charge is 0.356 e. The molecule has 7 nitrogen and oxygen atoms in total. The van der Waals surface area contributed by atoms with Crippen molar-refractivity contribution >= 4 is 11.5 Å². The van der Waals surface area contributed by atoms with E-state index in [1.165, 1.54) is 30.0 Å². The number of nitrogens with two attached hydrogens (primary N) is 1. The normalized spacial score (nSPS) is 23.1. The lowest BCUT2D eigenvalue weighted by Gasteiger charge is -2.38. The summed E-state index contributed by atoms with van der Waals surface area (Å²) in [7, 11) is 2.04. The summed E-state index contributed by atoms with van der Waals surface area (Å²) in [6, 6.07) is 2.24. The second kappa shape index (κ2) is 5.24. The average Bonchev–Trinajstić information content (AvgIpc) is 2.87. The fraction of sp³-hybridized carbons (Fsp3) is 0.615. The Bertz CT molecular complexity index is 648. The van der Waals surface area contributed by atoms with Gasteiger partial charge in [-0.25, -0.2) is 19.3 Å². The molecule has 2 heterocycles. The van der Waals surface area contributed by atoms with Crippen LogP contribution in [0.5, 0.6) is 0 Å². The van der Waals surface area contributed by atoms with E-state index in [9.17, 15) is 4.79 Å². The highest BCUT2D eigenvalue weighted by molar-refractivity contribution is 5.50. The Labute approximate surface area is 116 Å². The van der Waals surface area contributed by atoms with Gasteiger partial charge in [-0.3, -0.25) is 0 Å². The van der Waals surface area contributed by atoms with Crippen molar-refractivity contribution < 1.29 is 0 Å². The lowest BCUT2D eigenvalue weighted by Crippen LogP contribution is -2.43. The molecule has 1 fully saturated rings. The van der Waals surface area contributed by atoms with Crippen molar-refractivity contribution in [3.05, 3.63) is 22.9 Å². The molecular weight excluding hydrogens is 256 g/mol. The predicted molar refractivity (Wildman–Crippen MR) is 76.8 cm³/mol. The summed E-state index contributed by atoms with van der Waals surface area (Å²) in [5, 5.41) is 6.40. The quantitative estimate of drug-likeness (QED) is 0.845. The van der Waals surface area contributed by atoms with Crippen LogP contribution in [-0.2, 0) is 0 Å². The van der Waals surface area contributed by atoms with Gasteiger partial charge in [0.05, 0.1) is 0 Å². The highest BCUT2D eigenvalue weighted by atomic mass is 16.1. The van der Waals surface area contributed by atoms with Crippen molar-refractivity contribution in [1.82, 2.24) is 19.6 Å². The van der Waals surface area contributed by atoms with E-state index in [0.717, 1.165) is 12.2 Å². The molecule has 1 saturated carbocycles. The van der Waals surface area contributed by atoms with Gasteiger partial charge in [0.15, 0.2) is 5.65 Å². The Morgan fingerprint density at radius 2 is 2.30 bits per heavy atom. The highest BCUT2D eigenvalue weighted by Gasteiger charge is 2.28. The first-order chi connectivity index (χ1) is 9.70. The number of hydrogen-bond donors (Lipinski definition) is 2. The highest BCUT2D eigenvalue weighted by Crippen LogP contribution is 2.29. The molecule has 0 spiro atoms. The monoisotopic (exact) mass is 276 g/mol. The summed E-state index contributed by atoms with van der Waals surface area (Å²) in [5.74, 6) is 1.34. The maximum absolute atomic E-state index is 11.4. The third kappa shape index (κ3) is 2.18. The standard InChI is InChI=1S/C13H20N6O/c1-18(10-5-3-2-4-9(10)7-14)11-6-12-16-17-13(20)19(12)8-15-11/h6,8-10H,2-5,7,14H2,1H3,(H,17,20). The Hall–Kier alpha value is -1.89. The van der Waals surface area contributed by atoms with Crippen LogP contribution in [0.1, 0.15) is 25.7 Å². The molecule has 7 heteroatoms. The number of aromatic amines is 1. The van der Waals surface area contributed by atoms with Crippen molar-refractivity contribution in [1.29, 1.82) is 0 Å². The van der Waals surface area contributed by atoms with E-state index in [0.29, 0.717) is 24.2 Å². The zero-order chi connectivity index (χ0) is 14.1. The van der Waals surface area contributed by atoms with E-state index in [1.807, 2.05) is 13.1 Å². The van der Waals surface area contributed by atoms with E-state index in [-0.39, 0.29) is 5.69 Å². The first-order valence-corrected chi connectivity index (χ1v) is 7.06. The van der Waals surface area contributed by atoms with E-state index in [1.54, 1.807) is 0 Å². The fourth-order valence-corrected chi connectivity index (χ4v) is 3.14. The summed E-state index contributed by atoms with van der Waals surface area (Å²) < 4.78 is 1.40. The molecule has 0 saturated heterocycles. The zero-order valence-corrected chi connectivity index (χ0v) is 11.6. The third-order valence-corrected chi connectivity index (χ3v) is 4.33. The fourth-order valence-electron chi connectivity index (χ4n) is 3.14. The minimum atomic E-state index is -0.265. The molecule has 0 aromatic carbocycles. The Kier molecular flexibility index (Phi) is 3.43. The SMILES string of the molecule is CN(c1cc2n[nH]c(=O)n2cn1)C1CCCCC1CN. The molecule has 0 radical (unpaired) electrons. The van der Waals surface area contributed by atoms with Gasteiger partial charge in [-0.2, -0.15) is 5.10 Å². The van der Waals surface area contributed by atoms with Gasteiger partial charge in [0.2, 0.25) is 0 Å². The van der Waals surface area contributed by atoms with Crippen molar-refractivity contribution in [2.75, 3.05) is 18.5 Å². The van der Waals surface area contributed by atoms with Gasteiger partial charge < -0.3 is 10.6 Å². The molecular formula is C13H20N6O. The summed E-state index contributed by atoms with van der Waals surface area (Å²) in [5.41, 5.74) is 6.22. The van der Waals surface area contributed by atoms with Crippen LogP contribution >= 0.6 is 0 Å². The Morgan fingerprint density at radius 1 is 1.50 bits per heavy atom. The minimum absolute atomic E-state index is 0.265. The summed E-state index contributed by atoms with van der Waals surface area (Å²) in [4.78, 5) is 18.0. The molecule has 0 aliphatic heterocycles. The number of aromatic nitrogens is 4. The van der Waals surface area contributed by atoms with Crippen LogP contribution < -0.4 is 16.3 Å². The minimum Gasteiger partial charge on any atom is -0.356 e. The molecule has 0 amide bonds. The first-order valence-electron chi connectivity index (χ1n) is 7.06. The molecule has 108 valence electrons. The van der Waals surface area contributed by atoms with Gasteiger partial charge in [-0.1, -0.05) is 12.8 Å². The summed E-state index contributed by atoms with van der Waals surface area (Å²) >= 11 is 0. The lowest BCUT2D eigenvalue weighted by atomic mass is 9.84. The molecule has 2 aromatic rings. The van der Waals surface area contributed by atoms with E-state index < -0.39 is 0 Å². The molecule has 0 bridgehead atoms. The number of nitrogens with one attached hydrogen (secondary N) is 1. The topological polar surface area (TPSA) is 92.3 Å². The smallest absolute Gasteiger partial charge is 0.348 e. The molecule has 20 heavy (non-hydrogen) atoms. The molecule has 1 aliphatic rings. The Morgan fingerprint density at radius 3 is 3.10 bits per heavy atom. The van der Waals surface area contributed by atoms with Gasteiger partial charge in [-0.15, -0.1) is 0 Å². The van der Waals surface area contributed by atoms with Crippen LogP contribution in [0.3, 0.4) is 0 Å². The van der Waals surface area contributed by atoms with Crippen LogP contribution in [0.25, 0.3) is 5.65 Å². The third-order valence-electron chi connectivity index (χ3n) is 4.33. The molecule has 1 aliphatic carbocycles.